The summed E-state index contributed by atoms with van der Waals surface area (Å²) < 4.78 is 0. The summed E-state index contributed by atoms with van der Waals surface area (Å²) in [5, 5.41) is 0. The Kier molecular flexibility index (Phi) is 2.62. The Hall–Kier alpha value is -0.440. The molecule has 0 heteroatoms. The van der Waals surface area contributed by atoms with Gasteiger partial charge in [0.25, 0.3) is 0 Å². The van der Waals surface area contributed by atoms with E-state index in [0.717, 1.165) is 6.42 Å². The molecule has 0 unspecified atom stereocenters. The second-order valence-electron chi connectivity index (χ2n) is 2.77. The van der Waals surface area contributed by atoms with Crippen LogP contribution in [0.15, 0.2) is 0 Å². The molecular weight excluding hydrogens is 96.1 g/mol. The number of rotatable bonds is 1. The smallest absolute Gasteiger partial charge is 0.0140 e. The molecule has 45 valence electrons. The lowest BCUT2D eigenvalue weighted by molar-refractivity contribution is 0.492. The molecule has 0 aromatic carbocycles. The molecule has 0 aliphatic carbocycles. The van der Waals surface area contributed by atoms with Crippen molar-refractivity contribution in [1.82, 2.24) is 0 Å². The van der Waals surface area contributed by atoms with Gasteiger partial charge in [-0.25, -0.2) is 0 Å². The molecule has 0 heterocycles. The zero-order chi connectivity index (χ0) is 6.62. The summed E-state index contributed by atoms with van der Waals surface area (Å²) in [6.07, 6.45) is 0.892. The van der Waals surface area contributed by atoms with Crippen molar-refractivity contribution in [3.63, 3.8) is 0 Å². The first-order valence-corrected chi connectivity index (χ1v) is 2.81. The van der Waals surface area contributed by atoms with Gasteiger partial charge in [0.15, 0.2) is 0 Å². The van der Waals surface area contributed by atoms with Crippen molar-refractivity contribution in [2.75, 3.05) is 0 Å². The SMILES string of the molecule is [CH2]C(C)(C)CC#CC. The first kappa shape index (κ1) is 7.56. The summed E-state index contributed by atoms with van der Waals surface area (Å²) in [5.74, 6) is 5.81. The Labute approximate surface area is 52.3 Å². The van der Waals surface area contributed by atoms with E-state index in [1.54, 1.807) is 0 Å². The molecule has 0 amide bonds. The average molecular weight is 109 g/mol. The molecule has 0 bridgehead atoms. The Morgan fingerprint density at radius 1 is 1.50 bits per heavy atom. The van der Waals surface area contributed by atoms with E-state index in [0.29, 0.717) is 0 Å². The van der Waals surface area contributed by atoms with Crippen LogP contribution in [0.1, 0.15) is 27.2 Å². The lowest BCUT2D eigenvalue weighted by atomic mass is 9.93. The van der Waals surface area contributed by atoms with Gasteiger partial charge in [0.2, 0.25) is 0 Å². The van der Waals surface area contributed by atoms with Crippen LogP contribution in [0.25, 0.3) is 0 Å². The predicted octanol–water partition coefficient (Wildman–Crippen LogP) is 2.26. The Bertz CT molecular complexity index is 104. The summed E-state index contributed by atoms with van der Waals surface area (Å²) >= 11 is 0. The van der Waals surface area contributed by atoms with Crippen molar-refractivity contribution in [3.05, 3.63) is 6.92 Å². The quantitative estimate of drug-likeness (QED) is 0.453. The molecule has 0 aliphatic rings. The molecule has 1 radical (unpaired) electrons. The van der Waals surface area contributed by atoms with Crippen molar-refractivity contribution in [3.8, 4) is 11.8 Å². The minimum Gasteiger partial charge on any atom is -0.107 e. The van der Waals surface area contributed by atoms with Gasteiger partial charge in [-0.15, -0.1) is 11.8 Å². The maximum Gasteiger partial charge on any atom is 0.0140 e. The highest BCUT2D eigenvalue weighted by Crippen LogP contribution is 2.15. The van der Waals surface area contributed by atoms with E-state index < -0.39 is 0 Å². The molecule has 0 aliphatic heterocycles. The van der Waals surface area contributed by atoms with Crippen LogP contribution in [-0.2, 0) is 0 Å². The summed E-state index contributed by atoms with van der Waals surface area (Å²) in [6, 6.07) is 0. The molecule has 0 spiro atoms. The zero-order valence-electron chi connectivity index (χ0n) is 5.91. The van der Waals surface area contributed by atoms with Crippen LogP contribution in [0, 0.1) is 24.2 Å². The second-order valence-corrected chi connectivity index (χ2v) is 2.77. The van der Waals surface area contributed by atoms with Crippen LogP contribution in [-0.4, -0.2) is 0 Å². The highest BCUT2D eigenvalue weighted by Gasteiger charge is 2.06. The maximum atomic E-state index is 3.91. The highest BCUT2D eigenvalue weighted by molar-refractivity contribution is 4.99. The van der Waals surface area contributed by atoms with Gasteiger partial charge < -0.3 is 0 Å². The van der Waals surface area contributed by atoms with Crippen LogP contribution in [0.2, 0.25) is 0 Å². The standard InChI is InChI=1S/C8H13/c1-5-6-7-8(2,3)4/h2,7H2,1,3-4H3. The first-order valence-electron chi connectivity index (χ1n) is 2.81. The highest BCUT2D eigenvalue weighted by atomic mass is 14.1. The zero-order valence-corrected chi connectivity index (χ0v) is 5.91. The molecular formula is C8H13. The van der Waals surface area contributed by atoms with Gasteiger partial charge in [-0.2, -0.15) is 0 Å². The number of hydrogen-bond acceptors (Lipinski definition) is 0. The van der Waals surface area contributed by atoms with Crippen LogP contribution < -0.4 is 0 Å². The summed E-state index contributed by atoms with van der Waals surface area (Å²) in [4.78, 5) is 0. The van der Waals surface area contributed by atoms with Gasteiger partial charge in [-0.1, -0.05) is 13.8 Å². The Balaban J connectivity index is 3.50. The molecule has 0 nitrogen and oxygen atoms in total. The third-order valence-corrected chi connectivity index (χ3v) is 0.744. The molecule has 0 rings (SSSR count). The Morgan fingerprint density at radius 3 is 2.12 bits per heavy atom. The largest absolute Gasteiger partial charge is 0.107 e. The molecule has 0 aromatic rings. The van der Waals surface area contributed by atoms with Crippen molar-refractivity contribution in [2.45, 2.75) is 27.2 Å². The second kappa shape index (κ2) is 2.77. The molecule has 0 atom stereocenters. The van der Waals surface area contributed by atoms with E-state index in [4.69, 9.17) is 0 Å². The van der Waals surface area contributed by atoms with Gasteiger partial charge in [0, 0.05) is 6.42 Å². The van der Waals surface area contributed by atoms with E-state index in [-0.39, 0.29) is 5.41 Å². The molecule has 0 saturated carbocycles. The molecule has 8 heavy (non-hydrogen) atoms. The van der Waals surface area contributed by atoms with Gasteiger partial charge >= 0.3 is 0 Å². The molecule has 0 fully saturated rings. The van der Waals surface area contributed by atoms with Crippen LogP contribution in [0.5, 0.6) is 0 Å². The van der Waals surface area contributed by atoms with Crippen LogP contribution in [0.4, 0.5) is 0 Å². The van der Waals surface area contributed by atoms with E-state index in [2.05, 4.69) is 32.6 Å². The van der Waals surface area contributed by atoms with Crippen molar-refractivity contribution >= 4 is 0 Å². The van der Waals surface area contributed by atoms with E-state index in [1.807, 2.05) is 6.92 Å². The topological polar surface area (TPSA) is 0 Å². The summed E-state index contributed by atoms with van der Waals surface area (Å²) in [7, 11) is 0. The van der Waals surface area contributed by atoms with E-state index >= 15 is 0 Å². The fourth-order valence-corrected chi connectivity index (χ4v) is 0.328. The van der Waals surface area contributed by atoms with E-state index in [1.165, 1.54) is 0 Å². The minimum absolute atomic E-state index is 0.128. The first-order chi connectivity index (χ1) is 3.56. The summed E-state index contributed by atoms with van der Waals surface area (Å²) in [5.41, 5.74) is 0.128. The fourth-order valence-electron chi connectivity index (χ4n) is 0.328. The lowest BCUT2D eigenvalue weighted by Gasteiger charge is -2.11. The molecule has 0 saturated heterocycles. The minimum atomic E-state index is 0.128. The van der Waals surface area contributed by atoms with Gasteiger partial charge in [-0.3, -0.25) is 0 Å². The maximum absolute atomic E-state index is 3.91. The third kappa shape index (κ3) is 5.56. The third-order valence-electron chi connectivity index (χ3n) is 0.744. The normalized spacial score (nSPS) is 10.0. The average Bonchev–Trinajstić information content (AvgIpc) is 1.59. The lowest BCUT2D eigenvalue weighted by Crippen LogP contribution is -2.02. The molecule has 0 aromatic heterocycles. The van der Waals surface area contributed by atoms with Crippen molar-refractivity contribution < 1.29 is 0 Å². The summed E-state index contributed by atoms with van der Waals surface area (Å²) in [6.45, 7) is 9.92. The predicted molar refractivity (Wildman–Crippen MR) is 37.2 cm³/mol. The van der Waals surface area contributed by atoms with Crippen LogP contribution in [0.3, 0.4) is 0 Å². The van der Waals surface area contributed by atoms with Gasteiger partial charge in [0.05, 0.1) is 0 Å². The van der Waals surface area contributed by atoms with Crippen molar-refractivity contribution in [1.29, 1.82) is 0 Å². The van der Waals surface area contributed by atoms with E-state index in [9.17, 15) is 0 Å². The fraction of sp³-hybridized carbons (Fsp3) is 0.625. The van der Waals surface area contributed by atoms with Crippen molar-refractivity contribution in [2.24, 2.45) is 5.41 Å². The number of hydrogen-bond donors (Lipinski definition) is 0. The Morgan fingerprint density at radius 2 is 2.00 bits per heavy atom. The van der Waals surface area contributed by atoms with Gasteiger partial charge in [-0.05, 0) is 19.3 Å². The molecule has 0 N–H and O–H groups in total. The monoisotopic (exact) mass is 109 g/mol. The van der Waals surface area contributed by atoms with Crippen LogP contribution >= 0.6 is 0 Å². The van der Waals surface area contributed by atoms with Gasteiger partial charge in [0.1, 0.15) is 0 Å².